The topological polar surface area (TPSA) is 46.0 Å². The lowest BCUT2D eigenvalue weighted by Gasteiger charge is -2.03. The van der Waals surface area contributed by atoms with Gasteiger partial charge in [0.1, 0.15) is 0 Å². The molecule has 11 heavy (non-hydrogen) atoms. The summed E-state index contributed by atoms with van der Waals surface area (Å²) in [6.07, 6.45) is 1.77. The minimum absolute atomic E-state index is 0.479. The first-order chi connectivity index (χ1) is 5.25. The number of rotatable bonds is 3. The Labute approximate surface area is 69.5 Å². The number of aromatic nitrogens is 2. The van der Waals surface area contributed by atoms with Crippen molar-refractivity contribution in [2.45, 2.75) is 19.4 Å². The maximum atomic E-state index is 9.45. The molecule has 0 spiro atoms. The number of hydrogen-bond donors (Lipinski definition) is 1. The van der Waals surface area contributed by atoms with E-state index in [2.05, 4.69) is 16.2 Å². The Balaban J connectivity index is 2.74. The van der Waals surface area contributed by atoms with Gasteiger partial charge in [0.25, 0.3) is 0 Å². The van der Waals surface area contributed by atoms with Crippen LogP contribution in [0.5, 0.6) is 0 Å². The summed E-state index contributed by atoms with van der Waals surface area (Å²) in [5.41, 5.74) is 0.810. The second-order valence-electron chi connectivity index (χ2n) is 2.26. The lowest BCUT2D eigenvalue weighted by atomic mass is 10.2. The molecule has 0 radical (unpaired) electrons. The Kier molecular flexibility index (Phi) is 2.73. The highest BCUT2D eigenvalue weighted by atomic mass is 32.1. The monoisotopic (exact) mass is 170 g/mol. The van der Waals surface area contributed by atoms with E-state index in [4.69, 9.17) is 0 Å². The average molecular weight is 170 g/mol. The lowest BCUT2D eigenvalue weighted by molar-refractivity contribution is 0.184. The molecule has 0 aliphatic rings. The molecule has 0 fully saturated rings. The fourth-order valence-corrected chi connectivity index (χ4v) is 1.45. The van der Waals surface area contributed by atoms with Gasteiger partial charge in [0, 0.05) is 0 Å². The molecule has 3 nitrogen and oxygen atoms in total. The standard InChI is InChI=1S/C7H10N2OS/c1-3-4-6(10)7-5(2)8-9-11-7/h3,6,10H,1,4H2,2H3. The number of hydrogen-bond acceptors (Lipinski definition) is 4. The summed E-state index contributed by atoms with van der Waals surface area (Å²) >= 11 is 1.24. The summed E-state index contributed by atoms with van der Waals surface area (Å²) in [6.45, 7) is 5.38. The predicted molar refractivity (Wildman–Crippen MR) is 44.4 cm³/mol. The number of nitrogens with zero attached hydrogens (tertiary/aromatic N) is 2. The van der Waals surface area contributed by atoms with Crippen LogP contribution >= 0.6 is 11.5 Å². The van der Waals surface area contributed by atoms with Gasteiger partial charge in [-0.2, -0.15) is 0 Å². The van der Waals surface area contributed by atoms with Crippen LogP contribution in [0.4, 0.5) is 0 Å². The van der Waals surface area contributed by atoms with E-state index >= 15 is 0 Å². The highest BCUT2D eigenvalue weighted by Gasteiger charge is 2.11. The van der Waals surface area contributed by atoms with E-state index in [1.54, 1.807) is 6.08 Å². The van der Waals surface area contributed by atoms with Gasteiger partial charge in [0.05, 0.1) is 16.7 Å². The van der Waals surface area contributed by atoms with Crippen molar-refractivity contribution < 1.29 is 5.11 Å². The molecular formula is C7H10N2OS. The minimum atomic E-state index is -0.479. The summed E-state index contributed by atoms with van der Waals surface area (Å²) in [5, 5.41) is 13.2. The molecule has 1 unspecified atom stereocenters. The summed E-state index contributed by atoms with van der Waals surface area (Å²) in [5.74, 6) is 0. The van der Waals surface area contributed by atoms with Crippen molar-refractivity contribution in [1.82, 2.24) is 9.59 Å². The second-order valence-corrected chi connectivity index (χ2v) is 3.05. The van der Waals surface area contributed by atoms with E-state index < -0.39 is 6.10 Å². The molecule has 0 amide bonds. The molecule has 0 saturated heterocycles. The lowest BCUT2D eigenvalue weighted by Crippen LogP contribution is -1.94. The summed E-state index contributed by atoms with van der Waals surface area (Å²) in [4.78, 5) is 0.838. The van der Waals surface area contributed by atoms with Gasteiger partial charge in [-0.3, -0.25) is 0 Å². The van der Waals surface area contributed by atoms with E-state index in [0.29, 0.717) is 6.42 Å². The molecule has 1 atom stereocenters. The molecule has 0 aliphatic carbocycles. The quantitative estimate of drug-likeness (QED) is 0.698. The van der Waals surface area contributed by atoms with Crippen LogP contribution < -0.4 is 0 Å². The normalized spacial score (nSPS) is 12.9. The van der Waals surface area contributed by atoms with E-state index in [9.17, 15) is 5.11 Å². The summed E-state index contributed by atoms with van der Waals surface area (Å²) in [6, 6.07) is 0. The Bertz CT molecular complexity index is 246. The molecule has 1 aromatic heterocycles. The molecule has 1 rings (SSSR count). The molecule has 1 heterocycles. The van der Waals surface area contributed by atoms with Crippen LogP contribution in [0.15, 0.2) is 12.7 Å². The van der Waals surface area contributed by atoms with Gasteiger partial charge in [-0.05, 0) is 24.9 Å². The smallest absolute Gasteiger partial charge is 0.0951 e. The van der Waals surface area contributed by atoms with Crippen molar-refractivity contribution in [3.05, 3.63) is 23.2 Å². The fraction of sp³-hybridized carbons (Fsp3) is 0.429. The van der Waals surface area contributed by atoms with Crippen LogP contribution in [0.1, 0.15) is 23.1 Å². The Morgan fingerprint density at radius 3 is 3.00 bits per heavy atom. The Morgan fingerprint density at radius 1 is 1.82 bits per heavy atom. The van der Waals surface area contributed by atoms with Crippen molar-refractivity contribution in [2.75, 3.05) is 0 Å². The van der Waals surface area contributed by atoms with Crippen LogP contribution in [0, 0.1) is 6.92 Å². The Morgan fingerprint density at radius 2 is 2.55 bits per heavy atom. The zero-order valence-electron chi connectivity index (χ0n) is 6.32. The molecular weight excluding hydrogens is 160 g/mol. The highest BCUT2D eigenvalue weighted by Crippen LogP contribution is 2.22. The second kappa shape index (κ2) is 3.59. The third-order valence-electron chi connectivity index (χ3n) is 1.38. The first-order valence-corrected chi connectivity index (χ1v) is 4.11. The molecule has 0 aliphatic heterocycles. The van der Waals surface area contributed by atoms with Gasteiger partial charge in [0.2, 0.25) is 0 Å². The summed E-state index contributed by atoms with van der Waals surface area (Å²) < 4.78 is 3.72. The van der Waals surface area contributed by atoms with Crippen LogP contribution in [-0.4, -0.2) is 14.7 Å². The van der Waals surface area contributed by atoms with Gasteiger partial charge in [0.15, 0.2) is 0 Å². The first-order valence-electron chi connectivity index (χ1n) is 3.33. The van der Waals surface area contributed by atoms with E-state index in [1.165, 1.54) is 11.5 Å². The zero-order valence-corrected chi connectivity index (χ0v) is 7.14. The van der Waals surface area contributed by atoms with E-state index in [1.807, 2.05) is 6.92 Å². The van der Waals surface area contributed by atoms with Gasteiger partial charge in [-0.1, -0.05) is 10.6 Å². The minimum Gasteiger partial charge on any atom is -0.387 e. The third-order valence-corrected chi connectivity index (χ3v) is 2.31. The van der Waals surface area contributed by atoms with Crippen molar-refractivity contribution in [3.8, 4) is 0 Å². The van der Waals surface area contributed by atoms with Gasteiger partial charge in [-0.25, -0.2) is 0 Å². The van der Waals surface area contributed by atoms with Crippen molar-refractivity contribution in [1.29, 1.82) is 0 Å². The van der Waals surface area contributed by atoms with Crippen LogP contribution in [0.25, 0.3) is 0 Å². The third kappa shape index (κ3) is 1.85. The van der Waals surface area contributed by atoms with Gasteiger partial charge < -0.3 is 5.11 Å². The zero-order chi connectivity index (χ0) is 8.27. The fourth-order valence-electron chi connectivity index (χ4n) is 0.808. The number of aliphatic hydroxyl groups excluding tert-OH is 1. The SMILES string of the molecule is C=CCC(O)c1snnc1C. The van der Waals surface area contributed by atoms with E-state index in [-0.39, 0.29) is 0 Å². The molecule has 4 heteroatoms. The molecule has 1 N–H and O–H groups in total. The highest BCUT2D eigenvalue weighted by molar-refractivity contribution is 7.05. The van der Waals surface area contributed by atoms with Crippen molar-refractivity contribution in [3.63, 3.8) is 0 Å². The largest absolute Gasteiger partial charge is 0.387 e. The van der Waals surface area contributed by atoms with Gasteiger partial charge in [-0.15, -0.1) is 11.7 Å². The molecule has 0 aromatic carbocycles. The Hall–Kier alpha value is -0.740. The van der Waals surface area contributed by atoms with E-state index in [0.717, 1.165) is 10.6 Å². The predicted octanol–water partition coefficient (Wildman–Crippen LogP) is 1.46. The number of aliphatic hydroxyl groups is 1. The van der Waals surface area contributed by atoms with Crippen LogP contribution in [0.2, 0.25) is 0 Å². The first kappa shape index (κ1) is 8.36. The van der Waals surface area contributed by atoms with Gasteiger partial charge >= 0.3 is 0 Å². The summed E-state index contributed by atoms with van der Waals surface area (Å²) in [7, 11) is 0. The molecule has 0 saturated carbocycles. The average Bonchev–Trinajstić information content (AvgIpc) is 2.36. The van der Waals surface area contributed by atoms with Crippen LogP contribution in [0.3, 0.4) is 0 Å². The molecule has 0 bridgehead atoms. The maximum absolute atomic E-state index is 9.45. The van der Waals surface area contributed by atoms with Crippen molar-refractivity contribution >= 4 is 11.5 Å². The molecule has 60 valence electrons. The maximum Gasteiger partial charge on any atom is 0.0951 e. The number of aryl methyl sites for hydroxylation is 1. The van der Waals surface area contributed by atoms with Crippen molar-refractivity contribution in [2.24, 2.45) is 0 Å². The van der Waals surface area contributed by atoms with Crippen LogP contribution in [-0.2, 0) is 0 Å². The molecule has 1 aromatic rings.